The monoisotopic (exact) mass is 381 g/mol. The molecule has 3 aromatic rings. The highest BCUT2D eigenvalue weighted by Gasteiger charge is 2.18. The minimum absolute atomic E-state index is 0.130. The summed E-state index contributed by atoms with van der Waals surface area (Å²) in [6, 6.07) is 20.0. The van der Waals surface area contributed by atoms with Gasteiger partial charge in [-0.25, -0.2) is 9.97 Å². The molecule has 0 saturated carbocycles. The fourth-order valence-corrected chi connectivity index (χ4v) is 3.37. The molecule has 0 unspecified atom stereocenters. The highest BCUT2D eigenvalue weighted by molar-refractivity contribution is 6.30. The molecule has 0 aliphatic heterocycles. The topological polar surface area (TPSA) is 49.2 Å². The molecule has 0 saturated heterocycles. The van der Waals surface area contributed by atoms with E-state index in [-0.39, 0.29) is 12.6 Å². The number of hydrogen-bond acceptors (Lipinski definition) is 4. The van der Waals surface area contributed by atoms with Crippen molar-refractivity contribution >= 4 is 11.6 Å². The summed E-state index contributed by atoms with van der Waals surface area (Å²) >= 11 is 5.99. The van der Waals surface area contributed by atoms with Gasteiger partial charge in [-0.2, -0.15) is 0 Å². The molecule has 0 amide bonds. The molecule has 4 nitrogen and oxygen atoms in total. The van der Waals surface area contributed by atoms with Gasteiger partial charge in [0, 0.05) is 35.5 Å². The number of hydrogen-bond donors (Lipinski definition) is 1. The van der Waals surface area contributed by atoms with Crippen LogP contribution in [0.15, 0.2) is 60.7 Å². The molecule has 1 aromatic heterocycles. The summed E-state index contributed by atoms with van der Waals surface area (Å²) < 4.78 is 0. The van der Waals surface area contributed by atoms with Crippen molar-refractivity contribution in [2.75, 3.05) is 13.7 Å². The zero-order valence-electron chi connectivity index (χ0n) is 15.6. The van der Waals surface area contributed by atoms with Crippen LogP contribution in [0.25, 0.3) is 11.4 Å². The predicted octanol–water partition coefficient (Wildman–Crippen LogP) is 4.66. The van der Waals surface area contributed by atoms with Gasteiger partial charge in [0.2, 0.25) is 0 Å². The third kappa shape index (κ3) is 5.13. The zero-order chi connectivity index (χ0) is 19.2. The second-order valence-electron chi connectivity index (χ2n) is 6.69. The summed E-state index contributed by atoms with van der Waals surface area (Å²) in [5.74, 6) is 0.702. The first-order valence-electron chi connectivity index (χ1n) is 9.03. The second-order valence-corrected chi connectivity index (χ2v) is 7.12. The molecule has 2 aromatic carbocycles. The molecule has 0 bridgehead atoms. The largest absolute Gasteiger partial charge is 0.396 e. The Hall–Kier alpha value is -2.27. The standard InChI is InChI=1S/C22H24ClN3O/c1-16-14-20(25-22(24-16)18-8-10-19(23)11-9-18)15-26(2)21(12-13-27)17-6-4-3-5-7-17/h3-11,14,21,27H,12-13,15H2,1-2H3/t21-/m0/s1. The SMILES string of the molecule is Cc1cc(CN(C)[C@@H](CCO)c2ccccc2)nc(-c2ccc(Cl)cc2)n1. The maximum atomic E-state index is 9.51. The molecule has 0 aliphatic rings. The zero-order valence-corrected chi connectivity index (χ0v) is 16.4. The minimum atomic E-state index is 0.130. The van der Waals surface area contributed by atoms with Crippen LogP contribution in [-0.2, 0) is 6.54 Å². The summed E-state index contributed by atoms with van der Waals surface area (Å²) in [5, 5.41) is 10.2. The number of aliphatic hydroxyl groups excluding tert-OH is 1. The molecule has 0 fully saturated rings. The van der Waals surface area contributed by atoms with E-state index >= 15 is 0 Å². The van der Waals surface area contributed by atoms with Crippen LogP contribution >= 0.6 is 11.6 Å². The van der Waals surface area contributed by atoms with E-state index < -0.39 is 0 Å². The van der Waals surface area contributed by atoms with Crippen molar-refractivity contribution in [2.24, 2.45) is 0 Å². The van der Waals surface area contributed by atoms with Crippen molar-refractivity contribution in [3.8, 4) is 11.4 Å². The normalized spacial score (nSPS) is 12.3. The molecule has 1 atom stereocenters. The van der Waals surface area contributed by atoms with E-state index in [1.807, 2.05) is 55.5 Å². The van der Waals surface area contributed by atoms with Crippen LogP contribution in [0.3, 0.4) is 0 Å². The van der Waals surface area contributed by atoms with Gasteiger partial charge in [-0.3, -0.25) is 4.90 Å². The minimum Gasteiger partial charge on any atom is -0.396 e. The first-order valence-corrected chi connectivity index (χ1v) is 9.41. The molecule has 27 heavy (non-hydrogen) atoms. The van der Waals surface area contributed by atoms with Crippen LogP contribution in [0.4, 0.5) is 0 Å². The van der Waals surface area contributed by atoms with E-state index in [1.165, 1.54) is 5.56 Å². The molecular formula is C22H24ClN3O. The average molecular weight is 382 g/mol. The van der Waals surface area contributed by atoms with Gasteiger partial charge in [-0.15, -0.1) is 0 Å². The van der Waals surface area contributed by atoms with Crippen molar-refractivity contribution in [2.45, 2.75) is 25.9 Å². The quantitative estimate of drug-likeness (QED) is 0.646. The lowest BCUT2D eigenvalue weighted by molar-refractivity contribution is 0.178. The summed E-state index contributed by atoms with van der Waals surface area (Å²) in [6.45, 7) is 2.79. The van der Waals surface area contributed by atoms with Gasteiger partial charge in [-0.1, -0.05) is 41.9 Å². The predicted molar refractivity (Wildman–Crippen MR) is 110 cm³/mol. The highest BCUT2D eigenvalue weighted by atomic mass is 35.5. The van der Waals surface area contributed by atoms with Gasteiger partial charge in [0.05, 0.1) is 5.69 Å². The Labute approximate surface area is 165 Å². The lowest BCUT2D eigenvalue weighted by Gasteiger charge is -2.28. The number of rotatable bonds is 7. The van der Waals surface area contributed by atoms with Crippen LogP contribution in [0.2, 0.25) is 5.02 Å². The number of benzene rings is 2. The number of aromatic nitrogens is 2. The van der Waals surface area contributed by atoms with E-state index in [0.29, 0.717) is 23.8 Å². The molecule has 0 spiro atoms. The van der Waals surface area contributed by atoms with Gasteiger partial charge < -0.3 is 5.11 Å². The third-order valence-corrected chi connectivity index (χ3v) is 4.79. The second kappa shape index (κ2) is 9.09. The van der Waals surface area contributed by atoms with Crippen LogP contribution in [-0.4, -0.2) is 33.6 Å². The van der Waals surface area contributed by atoms with E-state index in [0.717, 1.165) is 17.0 Å². The number of aryl methyl sites for hydroxylation is 1. The molecule has 3 rings (SSSR count). The van der Waals surface area contributed by atoms with Crippen molar-refractivity contribution in [3.63, 3.8) is 0 Å². The number of nitrogens with zero attached hydrogens (tertiary/aromatic N) is 3. The van der Waals surface area contributed by atoms with Crippen molar-refractivity contribution in [1.82, 2.24) is 14.9 Å². The Kier molecular flexibility index (Phi) is 6.56. The van der Waals surface area contributed by atoms with Gasteiger partial charge in [0.15, 0.2) is 5.82 Å². The molecular weight excluding hydrogens is 358 g/mol. The maximum absolute atomic E-state index is 9.51. The fourth-order valence-electron chi connectivity index (χ4n) is 3.25. The van der Waals surface area contributed by atoms with Crippen LogP contribution in [0.1, 0.15) is 29.4 Å². The van der Waals surface area contributed by atoms with Gasteiger partial charge in [-0.05, 0) is 56.3 Å². The summed E-state index contributed by atoms with van der Waals surface area (Å²) in [4.78, 5) is 11.5. The van der Waals surface area contributed by atoms with E-state index in [9.17, 15) is 5.11 Å². The lowest BCUT2D eigenvalue weighted by Crippen LogP contribution is -2.25. The van der Waals surface area contributed by atoms with E-state index in [1.54, 1.807) is 0 Å². The molecule has 0 aliphatic carbocycles. The molecule has 140 valence electrons. The molecule has 1 heterocycles. The van der Waals surface area contributed by atoms with Crippen molar-refractivity contribution < 1.29 is 5.11 Å². The Bertz CT molecular complexity index is 868. The van der Waals surface area contributed by atoms with Crippen molar-refractivity contribution in [3.05, 3.63) is 82.6 Å². The Balaban J connectivity index is 1.84. The average Bonchev–Trinajstić information content (AvgIpc) is 2.66. The Morgan fingerprint density at radius 3 is 2.41 bits per heavy atom. The van der Waals surface area contributed by atoms with Gasteiger partial charge >= 0.3 is 0 Å². The molecule has 5 heteroatoms. The number of aliphatic hydroxyl groups is 1. The first-order chi connectivity index (χ1) is 13.1. The molecule has 0 radical (unpaired) electrons. The van der Waals surface area contributed by atoms with Crippen LogP contribution in [0.5, 0.6) is 0 Å². The maximum Gasteiger partial charge on any atom is 0.159 e. The van der Waals surface area contributed by atoms with E-state index in [4.69, 9.17) is 16.6 Å². The van der Waals surface area contributed by atoms with E-state index in [2.05, 4.69) is 29.1 Å². The van der Waals surface area contributed by atoms with Crippen molar-refractivity contribution in [1.29, 1.82) is 0 Å². The smallest absolute Gasteiger partial charge is 0.159 e. The summed E-state index contributed by atoms with van der Waals surface area (Å²) in [7, 11) is 2.06. The van der Waals surface area contributed by atoms with Gasteiger partial charge in [0.25, 0.3) is 0 Å². The molecule has 1 N–H and O–H groups in total. The van der Waals surface area contributed by atoms with Crippen LogP contribution in [0, 0.1) is 6.92 Å². The fraction of sp³-hybridized carbons (Fsp3) is 0.273. The first kappa shape index (κ1) is 19.5. The summed E-state index contributed by atoms with van der Waals surface area (Å²) in [6.07, 6.45) is 0.675. The third-order valence-electron chi connectivity index (χ3n) is 4.54. The lowest BCUT2D eigenvalue weighted by atomic mass is 10.0. The number of halogens is 1. The Morgan fingerprint density at radius 1 is 1.04 bits per heavy atom. The summed E-state index contributed by atoms with van der Waals surface area (Å²) in [5.41, 5.74) is 4.02. The Morgan fingerprint density at radius 2 is 1.74 bits per heavy atom. The highest BCUT2D eigenvalue weighted by Crippen LogP contribution is 2.25. The van der Waals surface area contributed by atoms with Crippen LogP contribution < -0.4 is 0 Å². The van der Waals surface area contributed by atoms with Gasteiger partial charge in [0.1, 0.15) is 0 Å².